The highest BCUT2D eigenvalue weighted by Gasteiger charge is 2.09. The van der Waals surface area contributed by atoms with E-state index in [9.17, 15) is 0 Å². The third-order valence-electron chi connectivity index (χ3n) is 3.38. The van der Waals surface area contributed by atoms with Gasteiger partial charge in [0.05, 0.1) is 0 Å². The first-order valence-electron chi connectivity index (χ1n) is 6.69. The molecule has 0 amide bonds. The Labute approximate surface area is 115 Å². The van der Waals surface area contributed by atoms with Crippen LogP contribution in [0, 0.1) is 6.92 Å². The maximum Gasteiger partial charge on any atom is 0.0345 e. The van der Waals surface area contributed by atoms with Crippen LogP contribution in [0.1, 0.15) is 55.5 Å². The van der Waals surface area contributed by atoms with Gasteiger partial charge in [0, 0.05) is 9.75 Å². The molecule has 0 fully saturated rings. The van der Waals surface area contributed by atoms with E-state index in [2.05, 4.69) is 65.0 Å². The van der Waals surface area contributed by atoms with E-state index < -0.39 is 0 Å². The summed E-state index contributed by atoms with van der Waals surface area (Å²) in [5.41, 5.74) is 4.22. The molecular formula is C17H22S. The summed E-state index contributed by atoms with van der Waals surface area (Å²) < 4.78 is 0. The highest BCUT2D eigenvalue weighted by Crippen LogP contribution is 2.34. The quantitative estimate of drug-likeness (QED) is 0.636. The second-order valence-corrected chi connectivity index (χ2v) is 6.70. The molecule has 0 bridgehead atoms. The molecule has 96 valence electrons. The lowest BCUT2D eigenvalue weighted by molar-refractivity contribution is 0.857. The van der Waals surface area contributed by atoms with Crippen molar-refractivity contribution in [3.63, 3.8) is 0 Å². The molecule has 0 aliphatic heterocycles. The number of rotatable bonds is 3. The van der Waals surface area contributed by atoms with E-state index in [1.165, 1.54) is 26.4 Å². The van der Waals surface area contributed by atoms with Gasteiger partial charge in [-0.05, 0) is 53.6 Å². The number of thiophene rings is 1. The largest absolute Gasteiger partial charge is 0.140 e. The minimum Gasteiger partial charge on any atom is -0.140 e. The highest BCUT2D eigenvalue weighted by molar-refractivity contribution is 7.15. The molecule has 1 heteroatoms. The van der Waals surface area contributed by atoms with Crippen molar-refractivity contribution in [3.8, 4) is 10.4 Å². The van der Waals surface area contributed by atoms with Gasteiger partial charge in [0.15, 0.2) is 0 Å². The van der Waals surface area contributed by atoms with E-state index in [-0.39, 0.29) is 0 Å². The third kappa shape index (κ3) is 2.67. The molecule has 0 saturated heterocycles. The molecule has 0 nitrogen and oxygen atoms in total. The summed E-state index contributed by atoms with van der Waals surface area (Å²) in [6.07, 6.45) is 0. The Bertz CT molecular complexity index is 532. The lowest BCUT2D eigenvalue weighted by Gasteiger charge is -2.11. The fourth-order valence-electron chi connectivity index (χ4n) is 2.23. The monoisotopic (exact) mass is 258 g/mol. The zero-order valence-electron chi connectivity index (χ0n) is 11.9. The maximum absolute atomic E-state index is 2.36. The molecule has 0 spiro atoms. The Balaban J connectivity index is 2.41. The minimum absolute atomic E-state index is 0.592. The molecule has 0 N–H and O–H groups in total. The Morgan fingerprint density at radius 2 is 1.61 bits per heavy atom. The van der Waals surface area contributed by atoms with Gasteiger partial charge in [-0.15, -0.1) is 11.3 Å². The van der Waals surface area contributed by atoms with Gasteiger partial charge in [-0.1, -0.05) is 39.8 Å². The van der Waals surface area contributed by atoms with Crippen LogP contribution in [0.4, 0.5) is 0 Å². The van der Waals surface area contributed by atoms with Crippen LogP contribution in [0.5, 0.6) is 0 Å². The molecule has 0 saturated carbocycles. The molecule has 0 radical (unpaired) electrons. The predicted molar refractivity (Wildman–Crippen MR) is 82.7 cm³/mol. The molecule has 1 aromatic carbocycles. The highest BCUT2D eigenvalue weighted by atomic mass is 32.1. The van der Waals surface area contributed by atoms with Crippen molar-refractivity contribution in [2.24, 2.45) is 0 Å². The van der Waals surface area contributed by atoms with E-state index in [4.69, 9.17) is 0 Å². The lowest BCUT2D eigenvalue weighted by Crippen LogP contribution is -1.92. The van der Waals surface area contributed by atoms with Crippen LogP contribution in [-0.2, 0) is 0 Å². The van der Waals surface area contributed by atoms with Gasteiger partial charge >= 0.3 is 0 Å². The van der Waals surface area contributed by atoms with Crippen LogP contribution < -0.4 is 0 Å². The summed E-state index contributed by atoms with van der Waals surface area (Å²) in [5, 5.41) is 0. The summed E-state index contributed by atoms with van der Waals surface area (Å²) in [6.45, 7) is 11.2. The first-order chi connectivity index (χ1) is 8.49. The predicted octanol–water partition coefficient (Wildman–Crippen LogP) is 5.97. The van der Waals surface area contributed by atoms with Crippen LogP contribution in [0.15, 0.2) is 30.3 Å². The second-order valence-electron chi connectivity index (χ2n) is 5.58. The minimum atomic E-state index is 0.592. The van der Waals surface area contributed by atoms with Crippen molar-refractivity contribution >= 4 is 11.3 Å². The zero-order valence-corrected chi connectivity index (χ0v) is 12.8. The molecule has 0 atom stereocenters. The Morgan fingerprint density at radius 1 is 0.889 bits per heavy atom. The SMILES string of the molecule is Cc1ccc(-c2ccc(C(C)C)s2)cc1C(C)C. The fraction of sp³-hybridized carbons (Fsp3) is 0.412. The molecule has 2 rings (SSSR count). The second kappa shape index (κ2) is 5.27. The number of hydrogen-bond donors (Lipinski definition) is 0. The van der Waals surface area contributed by atoms with Gasteiger partial charge in [0.1, 0.15) is 0 Å². The van der Waals surface area contributed by atoms with Crippen molar-refractivity contribution in [2.45, 2.75) is 46.5 Å². The topological polar surface area (TPSA) is 0 Å². The van der Waals surface area contributed by atoms with Gasteiger partial charge in [-0.2, -0.15) is 0 Å². The van der Waals surface area contributed by atoms with Crippen molar-refractivity contribution < 1.29 is 0 Å². The van der Waals surface area contributed by atoms with Gasteiger partial charge in [0.2, 0.25) is 0 Å². The number of benzene rings is 1. The standard InChI is InChI=1S/C17H22S/c1-11(2)15-10-14(7-6-13(15)5)17-9-8-16(18-17)12(3)4/h6-12H,1-5H3. The summed E-state index contributed by atoms with van der Waals surface area (Å²) in [4.78, 5) is 2.86. The van der Waals surface area contributed by atoms with Crippen molar-refractivity contribution in [3.05, 3.63) is 46.3 Å². The Kier molecular flexibility index (Phi) is 3.91. The van der Waals surface area contributed by atoms with E-state index >= 15 is 0 Å². The van der Waals surface area contributed by atoms with Crippen LogP contribution in [0.25, 0.3) is 10.4 Å². The van der Waals surface area contributed by atoms with Crippen molar-refractivity contribution in [1.29, 1.82) is 0 Å². The van der Waals surface area contributed by atoms with Gasteiger partial charge in [-0.3, -0.25) is 0 Å². The van der Waals surface area contributed by atoms with Crippen LogP contribution in [0.3, 0.4) is 0 Å². The van der Waals surface area contributed by atoms with E-state index in [0.29, 0.717) is 11.8 Å². The summed E-state index contributed by atoms with van der Waals surface area (Å²) >= 11 is 1.92. The van der Waals surface area contributed by atoms with Gasteiger partial charge in [0.25, 0.3) is 0 Å². The fourth-order valence-corrected chi connectivity index (χ4v) is 3.24. The smallest absolute Gasteiger partial charge is 0.0345 e. The normalized spacial score (nSPS) is 11.5. The summed E-state index contributed by atoms with van der Waals surface area (Å²) in [5.74, 6) is 1.22. The molecule has 0 unspecified atom stereocenters. The molecule has 0 aliphatic carbocycles. The average molecular weight is 258 g/mol. The summed E-state index contributed by atoms with van der Waals surface area (Å²) in [6, 6.07) is 11.4. The van der Waals surface area contributed by atoms with Crippen molar-refractivity contribution in [1.82, 2.24) is 0 Å². The van der Waals surface area contributed by atoms with Crippen molar-refractivity contribution in [2.75, 3.05) is 0 Å². The van der Waals surface area contributed by atoms with Gasteiger partial charge < -0.3 is 0 Å². The van der Waals surface area contributed by atoms with E-state index in [1.54, 1.807) is 0 Å². The Hall–Kier alpha value is -1.08. The molecule has 2 aromatic rings. The molecule has 1 heterocycles. The van der Waals surface area contributed by atoms with E-state index in [1.807, 2.05) is 11.3 Å². The van der Waals surface area contributed by atoms with Crippen LogP contribution in [0.2, 0.25) is 0 Å². The molecule has 18 heavy (non-hydrogen) atoms. The first kappa shape index (κ1) is 13.4. The van der Waals surface area contributed by atoms with E-state index in [0.717, 1.165) is 0 Å². The molecular weight excluding hydrogens is 236 g/mol. The number of aryl methyl sites for hydroxylation is 1. The molecule has 1 aromatic heterocycles. The van der Waals surface area contributed by atoms with Gasteiger partial charge in [-0.25, -0.2) is 0 Å². The van der Waals surface area contributed by atoms with Crippen LogP contribution >= 0.6 is 11.3 Å². The summed E-state index contributed by atoms with van der Waals surface area (Å²) in [7, 11) is 0. The third-order valence-corrected chi connectivity index (χ3v) is 4.82. The molecule has 0 aliphatic rings. The average Bonchev–Trinajstić information content (AvgIpc) is 2.78. The Morgan fingerprint density at radius 3 is 2.17 bits per heavy atom. The maximum atomic E-state index is 2.36. The zero-order chi connectivity index (χ0) is 13.3. The lowest BCUT2D eigenvalue weighted by atomic mass is 9.95. The van der Waals surface area contributed by atoms with Crippen LogP contribution in [-0.4, -0.2) is 0 Å². The number of hydrogen-bond acceptors (Lipinski definition) is 1. The first-order valence-corrected chi connectivity index (χ1v) is 7.51.